The molecule has 19 heavy (non-hydrogen) atoms. The van der Waals surface area contributed by atoms with Crippen LogP contribution in [0.4, 0.5) is 0 Å². The fourth-order valence-corrected chi connectivity index (χ4v) is 6.00. The molecule has 0 saturated heterocycles. The van der Waals surface area contributed by atoms with Gasteiger partial charge in [0.25, 0.3) is 0 Å². The fourth-order valence-electron chi connectivity index (χ4n) is 1.88. The van der Waals surface area contributed by atoms with Crippen LogP contribution in [0.25, 0.3) is 0 Å². The van der Waals surface area contributed by atoms with Crippen LogP contribution in [0.15, 0.2) is 21.9 Å². The number of rotatable bonds is 6. The molecule has 0 amide bonds. The van der Waals surface area contributed by atoms with E-state index in [1.807, 2.05) is 6.92 Å². The Morgan fingerprint density at radius 1 is 1.21 bits per heavy atom. The highest BCUT2D eigenvalue weighted by Crippen LogP contribution is 2.27. The van der Waals surface area contributed by atoms with E-state index in [9.17, 15) is 0 Å². The summed E-state index contributed by atoms with van der Waals surface area (Å²) >= 11 is 25.7. The van der Waals surface area contributed by atoms with Gasteiger partial charge in [-0.3, -0.25) is 22.4 Å². The molecule has 0 saturated carbocycles. The Morgan fingerprint density at radius 3 is 2.32 bits per heavy atom. The third kappa shape index (κ3) is 5.45. The third-order valence-electron chi connectivity index (χ3n) is 2.90. The van der Waals surface area contributed by atoms with Crippen molar-refractivity contribution in [3.8, 4) is 0 Å². The topological polar surface area (TPSA) is 0 Å². The van der Waals surface area contributed by atoms with Crippen LogP contribution >= 0.6 is 11.7 Å². The van der Waals surface area contributed by atoms with Crippen LogP contribution in [-0.4, -0.2) is 0 Å². The molecule has 0 spiro atoms. The third-order valence-corrected chi connectivity index (χ3v) is 7.41. The maximum Gasteiger partial charge on any atom is 0.0269 e. The van der Waals surface area contributed by atoms with Crippen molar-refractivity contribution in [2.75, 3.05) is 0 Å². The van der Waals surface area contributed by atoms with Crippen LogP contribution in [0.3, 0.4) is 0 Å². The summed E-state index contributed by atoms with van der Waals surface area (Å²) in [6.45, 7) is 4.21. The first-order valence-corrected chi connectivity index (χ1v) is 13.6. The molecule has 0 N–H and O–H groups in total. The molecular formula is C12H17S7-. The lowest BCUT2D eigenvalue weighted by Gasteiger charge is -2.18. The molecule has 0 aliphatic heterocycles. The van der Waals surface area contributed by atoms with E-state index in [-0.39, 0.29) is 0 Å². The summed E-state index contributed by atoms with van der Waals surface area (Å²) in [6, 6.07) is 4.26. The minimum absolute atomic E-state index is 0.600. The highest BCUT2D eigenvalue weighted by Gasteiger charge is 2.08. The lowest BCUT2D eigenvalue weighted by Crippen LogP contribution is -1.99. The molecule has 7 heteroatoms. The molecule has 0 fully saturated rings. The summed E-state index contributed by atoms with van der Waals surface area (Å²) in [5.74, 6) is 0. The maximum atomic E-state index is 5.38. The number of hydrogen-bond acceptors (Lipinski definition) is 5. The second-order valence-electron chi connectivity index (χ2n) is 4.38. The van der Waals surface area contributed by atoms with E-state index in [0.717, 1.165) is 21.8 Å². The molecule has 0 atom stereocenters. The number of aryl methyl sites for hydroxylation is 1. The lowest BCUT2D eigenvalue weighted by molar-refractivity contribution is 0.715. The Bertz CT molecular complexity index is 616. The number of benzene rings is 1. The van der Waals surface area contributed by atoms with Crippen molar-refractivity contribution in [2.45, 2.75) is 49.3 Å². The van der Waals surface area contributed by atoms with Gasteiger partial charge >= 0.3 is 0 Å². The van der Waals surface area contributed by atoms with Gasteiger partial charge in [0.1, 0.15) is 0 Å². The van der Waals surface area contributed by atoms with Gasteiger partial charge in [-0.05, 0) is 60.0 Å². The molecule has 0 aliphatic rings. The first kappa shape index (κ1) is 18.2. The zero-order chi connectivity index (χ0) is 14.6. The summed E-state index contributed by atoms with van der Waals surface area (Å²) in [5.41, 5.74) is 2.31. The molecule has 108 valence electrons. The summed E-state index contributed by atoms with van der Waals surface area (Å²) in [7, 11) is -0.600. The molecule has 1 rings (SSSR count). The standard InChI is InChI=1S/C12H17S7/c1-3-4-5-6-10-7-11(18(13)14)9(2)12(8-10)19(15,16)17/h7-8H,3-6H2,1-2H3,(H,15,16,17)/q-1. The number of hydrogen-bond donors (Lipinski definition) is 1. The van der Waals surface area contributed by atoms with Crippen molar-refractivity contribution in [3.63, 3.8) is 0 Å². The summed E-state index contributed by atoms with van der Waals surface area (Å²) < 4.78 is 0. The largest absolute Gasteiger partial charge is 0.319 e. The first-order valence-electron chi connectivity index (χ1n) is 5.97. The smallest absolute Gasteiger partial charge is 0.0269 e. The van der Waals surface area contributed by atoms with Crippen molar-refractivity contribution in [2.24, 2.45) is 0 Å². The minimum Gasteiger partial charge on any atom is -0.319 e. The summed E-state index contributed by atoms with van der Waals surface area (Å²) in [6.07, 6.45) is 2.77. The monoisotopic (exact) mass is 385 g/mol. The van der Waals surface area contributed by atoms with E-state index in [1.54, 1.807) is 0 Å². The first-order chi connectivity index (χ1) is 8.77. The molecule has 0 bridgehead atoms. The second-order valence-corrected chi connectivity index (χ2v) is 16.1. The lowest BCUT2D eigenvalue weighted by atomic mass is 10.1. The van der Waals surface area contributed by atoms with Gasteiger partial charge in [0.15, 0.2) is 0 Å². The maximum absolute atomic E-state index is 5.38. The van der Waals surface area contributed by atoms with Crippen molar-refractivity contribution in [1.29, 1.82) is 0 Å². The highest BCUT2D eigenvalue weighted by molar-refractivity contribution is 8.93. The van der Waals surface area contributed by atoms with E-state index in [4.69, 9.17) is 44.8 Å². The van der Waals surface area contributed by atoms with Crippen molar-refractivity contribution in [3.05, 3.63) is 23.3 Å². The van der Waals surface area contributed by atoms with E-state index >= 15 is 0 Å². The Balaban J connectivity index is 3.32. The Hall–Kier alpha value is 1.15. The molecule has 0 heterocycles. The molecule has 0 aromatic heterocycles. The predicted octanol–water partition coefficient (Wildman–Crippen LogP) is 3.91. The Labute approximate surface area is 142 Å². The number of unbranched alkanes of at least 4 members (excludes halogenated alkanes) is 2. The van der Waals surface area contributed by atoms with Gasteiger partial charge in [0, 0.05) is 4.90 Å². The van der Waals surface area contributed by atoms with Crippen LogP contribution in [-0.2, 0) is 65.4 Å². The normalized spacial score (nSPS) is 12.0. The van der Waals surface area contributed by atoms with Crippen LogP contribution in [0.5, 0.6) is 0 Å². The zero-order valence-electron chi connectivity index (χ0n) is 10.9. The van der Waals surface area contributed by atoms with Gasteiger partial charge in [-0.2, -0.15) is 0 Å². The summed E-state index contributed by atoms with van der Waals surface area (Å²) in [5, 5.41) is 0. The highest BCUT2D eigenvalue weighted by atomic mass is 33.5. The van der Waals surface area contributed by atoms with E-state index in [1.165, 1.54) is 24.8 Å². The van der Waals surface area contributed by atoms with Crippen molar-refractivity contribution in [1.82, 2.24) is 0 Å². The zero-order valence-corrected chi connectivity index (χ0v) is 16.7. The molecule has 1 aromatic carbocycles. The van der Waals surface area contributed by atoms with Gasteiger partial charge in [-0.25, -0.2) is 0 Å². The average molecular weight is 386 g/mol. The minimum atomic E-state index is -1.87. The van der Waals surface area contributed by atoms with Gasteiger partial charge in [-0.15, -0.1) is 4.90 Å². The summed E-state index contributed by atoms with van der Waals surface area (Å²) in [4.78, 5) is 2.02. The van der Waals surface area contributed by atoms with E-state index < -0.39 is 14.2 Å². The molecule has 0 unspecified atom stereocenters. The quantitative estimate of drug-likeness (QED) is 0.341. The fraction of sp³-hybridized carbons (Fsp3) is 0.500. The molecule has 0 nitrogen and oxygen atoms in total. The van der Waals surface area contributed by atoms with E-state index in [0.29, 0.717) is 0 Å². The second kappa shape index (κ2) is 7.96. The van der Waals surface area contributed by atoms with Crippen LogP contribution in [0.1, 0.15) is 37.3 Å². The van der Waals surface area contributed by atoms with Gasteiger partial charge in [0.05, 0.1) is 0 Å². The SMILES string of the molecule is CCCCCc1cc([S-](=S)=S)c(C)c(S(=S)(=S)S)c1. The van der Waals surface area contributed by atoms with Gasteiger partial charge in [-0.1, -0.05) is 43.1 Å². The molecule has 1 aromatic rings. The molecule has 0 aliphatic carbocycles. The van der Waals surface area contributed by atoms with Crippen LogP contribution in [0.2, 0.25) is 0 Å². The van der Waals surface area contributed by atoms with Crippen molar-refractivity contribution >= 4 is 70.6 Å². The van der Waals surface area contributed by atoms with Gasteiger partial charge < -0.3 is 8.01 Å². The Kier molecular flexibility index (Phi) is 7.63. The Morgan fingerprint density at radius 2 is 1.84 bits per heavy atom. The van der Waals surface area contributed by atoms with Crippen molar-refractivity contribution < 1.29 is 0 Å². The van der Waals surface area contributed by atoms with Crippen LogP contribution < -0.4 is 0 Å². The molecular weight excluding hydrogens is 369 g/mol. The predicted molar refractivity (Wildman–Crippen MR) is 104 cm³/mol. The van der Waals surface area contributed by atoms with E-state index in [2.05, 4.69) is 30.7 Å². The number of thiol groups is 1. The molecule has 0 radical (unpaired) electrons. The average Bonchev–Trinajstić information content (AvgIpc) is 2.29. The van der Waals surface area contributed by atoms with Gasteiger partial charge in [0.2, 0.25) is 0 Å². The van der Waals surface area contributed by atoms with Crippen LogP contribution in [0, 0.1) is 6.92 Å².